The van der Waals surface area contributed by atoms with Crippen LogP contribution in [-0.4, -0.2) is 55.7 Å². The molecule has 6 heteroatoms. The number of carbonyl (C=O) groups is 2. The van der Waals surface area contributed by atoms with Crippen molar-refractivity contribution in [1.82, 2.24) is 15.5 Å². The molecule has 0 bridgehead atoms. The van der Waals surface area contributed by atoms with Gasteiger partial charge < -0.3 is 15.0 Å². The van der Waals surface area contributed by atoms with Gasteiger partial charge in [0.05, 0.1) is 19.7 Å². The number of hydrogen-bond acceptors (Lipinski definition) is 4. The number of hydrogen-bond donors (Lipinski definition) is 2. The number of likely N-dealkylation sites (tertiary alicyclic amines) is 1. The van der Waals surface area contributed by atoms with Crippen LogP contribution in [0.5, 0.6) is 0 Å². The van der Waals surface area contributed by atoms with Crippen molar-refractivity contribution in [2.24, 2.45) is 0 Å². The average Bonchev–Trinajstić information content (AvgIpc) is 2.39. The van der Waals surface area contributed by atoms with E-state index in [-0.39, 0.29) is 18.5 Å². The molecule has 1 atom stereocenters. The van der Waals surface area contributed by atoms with Crippen molar-refractivity contribution in [2.75, 3.05) is 32.8 Å². The van der Waals surface area contributed by atoms with E-state index < -0.39 is 6.09 Å². The number of piperidine rings is 1. The van der Waals surface area contributed by atoms with Crippen LogP contribution in [0.25, 0.3) is 0 Å². The van der Waals surface area contributed by atoms with Gasteiger partial charge in [-0.25, -0.2) is 4.79 Å². The lowest BCUT2D eigenvalue weighted by Crippen LogP contribution is -2.51. The highest BCUT2D eigenvalue weighted by molar-refractivity contribution is 5.78. The van der Waals surface area contributed by atoms with Crippen LogP contribution in [-0.2, 0) is 9.53 Å². The zero-order valence-corrected chi connectivity index (χ0v) is 11.3. The molecule has 2 amide bonds. The molecule has 0 saturated carbocycles. The molecule has 1 unspecified atom stereocenters. The van der Waals surface area contributed by atoms with Gasteiger partial charge in [0.1, 0.15) is 0 Å². The maximum absolute atomic E-state index is 11.9. The Morgan fingerprint density at radius 1 is 1.53 bits per heavy atom. The summed E-state index contributed by atoms with van der Waals surface area (Å²) in [5, 5.41) is 5.63. The van der Waals surface area contributed by atoms with Gasteiger partial charge in [-0.2, -0.15) is 0 Å². The van der Waals surface area contributed by atoms with Crippen LogP contribution in [0, 0.1) is 12.3 Å². The Morgan fingerprint density at radius 2 is 2.32 bits per heavy atom. The van der Waals surface area contributed by atoms with E-state index in [0.717, 1.165) is 19.4 Å². The van der Waals surface area contributed by atoms with Crippen molar-refractivity contribution >= 4 is 12.0 Å². The molecule has 0 spiro atoms. The van der Waals surface area contributed by atoms with Gasteiger partial charge >= 0.3 is 6.09 Å². The third-order valence-electron chi connectivity index (χ3n) is 2.87. The highest BCUT2D eigenvalue weighted by Crippen LogP contribution is 2.10. The van der Waals surface area contributed by atoms with Crippen molar-refractivity contribution in [3.8, 4) is 12.3 Å². The molecule has 0 aliphatic carbocycles. The lowest BCUT2D eigenvalue weighted by atomic mass is 10.1. The fourth-order valence-corrected chi connectivity index (χ4v) is 2.01. The van der Waals surface area contributed by atoms with Crippen LogP contribution in [0.15, 0.2) is 0 Å². The van der Waals surface area contributed by atoms with Crippen molar-refractivity contribution in [1.29, 1.82) is 0 Å². The van der Waals surface area contributed by atoms with Gasteiger partial charge in [0.25, 0.3) is 0 Å². The second-order valence-corrected chi connectivity index (χ2v) is 4.35. The summed E-state index contributed by atoms with van der Waals surface area (Å²) >= 11 is 0. The molecule has 1 heterocycles. The first-order valence-corrected chi connectivity index (χ1v) is 6.52. The molecule has 19 heavy (non-hydrogen) atoms. The number of nitrogens with zero attached hydrogens (tertiary/aromatic N) is 1. The molecule has 0 aromatic heterocycles. The van der Waals surface area contributed by atoms with E-state index in [1.807, 2.05) is 0 Å². The lowest BCUT2D eigenvalue weighted by Gasteiger charge is -2.33. The lowest BCUT2D eigenvalue weighted by molar-refractivity contribution is -0.131. The molecule has 0 aromatic rings. The molecule has 2 N–H and O–H groups in total. The second kappa shape index (κ2) is 8.38. The monoisotopic (exact) mass is 267 g/mol. The predicted molar refractivity (Wildman–Crippen MR) is 71.5 cm³/mol. The molecular weight excluding hydrogens is 246 g/mol. The summed E-state index contributed by atoms with van der Waals surface area (Å²) in [7, 11) is 0. The molecule has 1 saturated heterocycles. The predicted octanol–water partition coefficient (Wildman–Crippen LogP) is -0.0537. The van der Waals surface area contributed by atoms with Gasteiger partial charge in [-0.15, -0.1) is 6.42 Å². The van der Waals surface area contributed by atoms with Crippen LogP contribution in [0.2, 0.25) is 0 Å². The van der Waals surface area contributed by atoms with E-state index in [1.54, 1.807) is 11.8 Å². The van der Waals surface area contributed by atoms with Gasteiger partial charge in [0, 0.05) is 19.1 Å². The maximum atomic E-state index is 11.9. The van der Waals surface area contributed by atoms with E-state index in [9.17, 15) is 9.59 Å². The fourth-order valence-electron chi connectivity index (χ4n) is 2.01. The number of nitrogens with one attached hydrogen (secondary N) is 2. The topological polar surface area (TPSA) is 70.7 Å². The third-order valence-corrected chi connectivity index (χ3v) is 2.87. The minimum absolute atomic E-state index is 0.00519. The molecule has 6 nitrogen and oxygen atoms in total. The summed E-state index contributed by atoms with van der Waals surface area (Å²) in [5.41, 5.74) is 0. The summed E-state index contributed by atoms with van der Waals surface area (Å²) in [4.78, 5) is 24.9. The Kier molecular flexibility index (Phi) is 6.75. The van der Waals surface area contributed by atoms with Crippen molar-refractivity contribution in [2.45, 2.75) is 25.8 Å². The van der Waals surface area contributed by atoms with Crippen LogP contribution in [0.1, 0.15) is 19.8 Å². The molecule has 1 aliphatic rings. The average molecular weight is 267 g/mol. The van der Waals surface area contributed by atoms with E-state index in [4.69, 9.17) is 11.2 Å². The molecule has 0 aromatic carbocycles. The Bertz CT molecular complexity index is 352. The first-order valence-electron chi connectivity index (χ1n) is 6.52. The first-order chi connectivity index (χ1) is 9.17. The smallest absolute Gasteiger partial charge is 0.407 e. The van der Waals surface area contributed by atoms with E-state index in [1.165, 1.54) is 0 Å². The number of ether oxygens (including phenoxy) is 1. The highest BCUT2D eigenvalue weighted by Gasteiger charge is 2.24. The minimum atomic E-state index is -0.424. The summed E-state index contributed by atoms with van der Waals surface area (Å²) in [6.07, 6.45) is 6.41. The quantitative estimate of drug-likeness (QED) is 0.541. The Balaban J connectivity index is 2.35. The van der Waals surface area contributed by atoms with Gasteiger partial charge in [-0.05, 0) is 19.8 Å². The summed E-state index contributed by atoms with van der Waals surface area (Å²) in [5.74, 6) is 2.42. The number of rotatable bonds is 5. The molecule has 106 valence electrons. The van der Waals surface area contributed by atoms with Crippen molar-refractivity contribution < 1.29 is 14.3 Å². The summed E-state index contributed by atoms with van der Waals surface area (Å²) < 4.78 is 4.83. The van der Waals surface area contributed by atoms with Crippen molar-refractivity contribution in [3.63, 3.8) is 0 Å². The van der Waals surface area contributed by atoms with Crippen molar-refractivity contribution in [3.05, 3.63) is 0 Å². The standard InChI is InChI=1S/C13H21N3O3/c1-3-7-14-9-12(17)16-8-5-6-11(10-16)15-13(18)19-4-2/h1,11,14H,4-10H2,2H3,(H,15,18). The summed E-state index contributed by atoms with van der Waals surface area (Å²) in [6.45, 7) is 3.96. The summed E-state index contributed by atoms with van der Waals surface area (Å²) in [6, 6.07) is -0.0376. The van der Waals surface area contributed by atoms with Crippen LogP contribution in [0.3, 0.4) is 0 Å². The first kappa shape index (κ1) is 15.3. The van der Waals surface area contributed by atoms with E-state index in [2.05, 4.69) is 16.6 Å². The fraction of sp³-hybridized carbons (Fsp3) is 0.692. The Labute approximate surface area is 113 Å². The zero-order valence-electron chi connectivity index (χ0n) is 11.3. The second-order valence-electron chi connectivity index (χ2n) is 4.35. The molecule has 0 radical (unpaired) electrons. The third kappa shape index (κ3) is 5.62. The van der Waals surface area contributed by atoms with Gasteiger partial charge in [-0.1, -0.05) is 5.92 Å². The molecule has 1 rings (SSSR count). The van der Waals surface area contributed by atoms with E-state index in [0.29, 0.717) is 19.7 Å². The zero-order chi connectivity index (χ0) is 14.1. The SMILES string of the molecule is C#CCNCC(=O)N1CCCC(NC(=O)OCC)C1. The maximum Gasteiger partial charge on any atom is 0.407 e. The van der Waals surface area contributed by atoms with Crippen LogP contribution < -0.4 is 10.6 Å². The number of amides is 2. The number of alkyl carbamates (subject to hydrolysis) is 1. The molecule has 1 fully saturated rings. The van der Waals surface area contributed by atoms with Crippen LogP contribution >= 0.6 is 0 Å². The number of carbonyl (C=O) groups excluding carboxylic acids is 2. The Morgan fingerprint density at radius 3 is 3.00 bits per heavy atom. The minimum Gasteiger partial charge on any atom is -0.450 e. The highest BCUT2D eigenvalue weighted by atomic mass is 16.5. The largest absolute Gasteiger partial charge is 0.450 e. The van der Waals surface area contributed by atoms with Gasteiger partial charge in [0.2, 0.25) is 5.91 Å². The van der Waals surface area contributed by atoms with E-state index >= 15 is 0 Å². The van der Waals surface area contributed by atoms with Gasteiger partial charge in [0.15, 0.2) is 0 Å². The Hall–Kier alpha value is -1.74. The normalized spacial score (nSPS) is 18.5. The number of terminal acetylenes is 1. The molecule has 1 aliphatic heterocycles. The van der Waals surface area contributed by atoms with Gasteiger partial charge in [-0.3, -0.25) is 10.1 Å². The molecular formula is C13H21N3O3. The van der Waals surface area contributed by atoms with Crippen LogP contribution in [0.4, 0.5) is 4.79 Å².